The number of hydrogen-bond acceptors (Lipinski definition) is 7. The van der Waals surface area contributed by atoms with Gasteiger partial charge in [-0.05, 0) is 69.2 Å². The van der Waals surface area contributed by atoms with Crippen LogP contribution in [-0.2, 0) is 26.2 Å². The molecule has 11 nitrogen and oxygen atoms in total. The van der Waals surface area contributed by atoms with Gasteiger partial charge in [0.05, 0.1) is 22.6 Å². The number of hydrogen-bond donors (Lipinski definition) is 1. The number of rotatable bonds is 13. The van der Waals surface area contributed by atoms with Gasteiger partial charge in [0.25, 0.3) is 15.7 Å². The Bertz CT molecular complexity index is 1640. The number of amides is 2. The van der Waals surface area contributed by atoms with Crippen LogP contribution in [0.3, 0.4) is 0 Å². The number of anilines is 1. The van der Waals surface area contributed by atoms with Gasteiger partial charge in [0, 0.05) is 33.7 Å². The lowest BCUT2D eigenvalue weighted by molar-refractivity contribution is -0.385. The molecule has 0 spiro atoms. The Hall–Kier alpha value is -3.68. The van der Waals surface area contributed by atoms with E-state index in [1.54, 1.807) is 31.2 Å². The fraction of sp³-hybridized carbons (Fsp3) is 0.333. The van der Waals surface area contributed by atoms with E-state index in [2.05, 4.69) is 21.2 Å². The maximum absolute atomic E-state index is 14.2. The number of nitrogens with one attached hydrogen (secondary N) is 1. The molecule has 14 heteroatoms. The average molecular weight is 710 g/mol. The van der Waals surface area contributed by atoms with Gasteiger partial charge >= 0.3 is 0 Å². The van der Waals surface area contributed by atoms with Crippen molar-refractivity contribution < 1.29 is 27.7 Å². The highest BCUT2D eigenvalue weighted by Gasteiger charge is 2.35. The van der Waals surface area contributed by atoms with E-state index in [1.807, 2.05) is 13.8 Å². The predicted molar refractivity (Wildman–Crippen MR) is 172 cm³/mol. The largest absolute Gasteiger partial charge is 0.495 e. The minimum atomic E-state index is -4.62. The molecule has 0 heterocycles. The van der Waals surface area contributed by atoms with E-state index < -0.39 is 49.9 Å². The van der Waals surface area contributed by atoms with E-state index in [0.29, 0.717) is 12.0 Å². The summed E-state index contributed by atoms with van der Waals surface area (Å²) in [6, 6.07) is 13.8. The fourth-order valence-corrected chi connectivity index (χ4v) is 6.15. The van der Waals surface area contributed by atoms with Crippen molar-refractivity contribution in [3.05, 3.63) is 91.4 Å². The van der Waals surface area contributed by atoms with Crippen molar-refractivity contribution in [3.8, 4) is 5.75 Å². The molecule has 0 saturated heterocycles. The molecule has 3 aromatic rings. The predicted octanol–water partition coefficient (Wildman–Crippen LogP) is 5.86. The van der Waals surface area contributed by atoms with Crippen molar-refractivity contribution in [2.45, 2.75) is 57.6 Å². The third-order valence-corrected chi connectivity index (χ3v) is 9.61. The van der Waals surface area contributed by atoms with E-state index in [1.165, 1.54) is 49.3 Å². The van der Waals surface area contributed by atoms with Crippen LogP contribution in [0.5, 0.6) is 5.75 Å². The molecule has 2 amide bonds. The molecule has 0 radical (unpaired) electrons. The van der Waals surface area contributed by atoms with Crippen LogP contribution in [-0.4, -0.2) is 55.8 Å². The number of halogens is 2. The van der Waals surface area contributed by atoms with Crippen LogP contribution in [0.15, 0.2) is 70.0 Å². The van der Waals surface area contributed by atoms with Gasteiger partial charge < -0.3 is 15.0 Å². The zero-order chi connectivity index (χ0) is 32.8. The Labute approximate surface area is 270 Å². The molecule has 236 valence electrons. The molecule has 0 aliphatic carbocycles. The van der Waals surface area contributed by atoms with Crippen molar-refractivity contribution in [1.29, 1.82) is 0 Å². The van der Waals surface area contributed by atoms with Gasteiger partial charge in [-0.15, -0.1) is 0 Å². The van der Waals surface area contributed by atoms with Crippen molar-refractivity contribution >= 4 is 60.7 Å². The molecule has 0 aliphatic rings. The van der Waals surface area contributed by atoms with E-state index in [0.717, 1.165) is 14.8 Å². The lowest BCUT2D eigenvalue weighted by Gasteiger charge is -2.33. The summed E-state index contributed by atoms with van der Waals surface area (Å²) in [6.07, 6.45) is 0.669. The zero-order valence-electron chi connectivity index (χ0n) is 24.9. The molecule has 3 aromatic carbocycles. The Morgan fingerprint density at radius 2 is 1.75 bits per heavy atom. The average Bonchev–Trinajstić information content (AvgIpc) is 2.98. The second kappa shape index (κ2) is 14.9. The standard InChI is InChI=1S/C30H34BrClN4O7S/c1-6-20(3)33-30(38)21(4)34(17-22-8-10-23(31)11-9-22)29(37)18-35(27-15-24(32)12-14-28(27)43-5)44(41,42)25-13-7-19(2)26(16-25)36(39)40/h7-16,20-21H,6,17-18H2,1-5H3,(H,33,38)/t20-,21-/m1/s1. The van der Waals surface area contributed by atoms with E-state index in [9.17, 15) is 28.1 Å². The van der Waals surface area contributed by atoms with E-state index in [4.69, 9.17) is 16.3 Å². The molecule has 0 aromatic heterocycles. The van der Waals surface area contributed by atoms with Crippen molar-refractivity contribution in [3.63, 3.8) is 0 Å². The molecule has 44 heavy (non-hydrogen) atoms. The first-order chi connectivity index (χ1) is 20.7. The van der Waals surface area contributed by atoms with Crippen LogP contribution in [0.1, 0.15) is 38.3 Å². The summed E-state index contributed by atoms with van der Waals surface area (Å²) in [5.41, 5.74) is 0.506. The Morgan fingerprint density at radius 3 is 2.34 bits per heavy atom. The van der Waals surface area contributed by atoms with Crippen LogP contribution >= 0.6 is 27.5 Å². The van der Waals surface area contributed by atoms with Crippen LogP contribution in [0.4, 0.5) is 11.4 Å². The number of methoxy groups -OCH3 is 1. The highest BCUT2D eigenvalue weighted by Crippen LogP contribution is 2.36. The van der Waals surface area contributed by atoms with Crippen LogP contribution in [0.2, 0.25) is 5.02 Å². The highest BCUT2D eigenvalue weighted by atomic mass is 79.9. The van der Waals surface area contributed by atoms with Gasteiger partial charge in [-0.1, -0.05) is 52.7 Å². The summed E-state index contributed by atoms with van der Waals surface area (Å²) in [5, 5.41) is 14.7. The SMILES string of the molecule is CC[C@@H](C)NC(=O)[C@@H](C)N(Cc1ccc(Br)cc1)C(=O)CN(c1cc(Cl)ccc1OC)S(=O)(=O)c1ccc(C)c([N+](=O)[O-])c1. The van der Waals surface area contributed by atoms with E-state index >= 15 is 0 Å². The third-order valence-electron chi connectivity index (χ3n) is 7.09. The molecule has 2 atom stereocenters. The van der Waals surface area contributed by atoms with Gasteiger partial charge in [-0.3, -0.25) is 24.0 Å². The normalized spacial score (nSPS) is 12.6. The summed E-state index contributed by atoms with van der Waals surface area (Å²) in [6.45, 7) is 6.04. The minimum absolute atomic E-state index is 0.00220. The van der Waals surface area contributed by atoms with Crippen molar-refractivity contribution in [2.75, 3.05) is 18.0 Å². The molecular formula is C30H34BrClN4O7S. The highest BCUT2D eigenvalue weighted by molar-refractivity contribution is 9.10. The Kier molecular flexibility index (Phi) is 11.8. The third kappa shape index (κ3) is 8.27. The number of carbonyl (C=O) groups excluding carboxylic acids is 2. The van der Waals surface area contributed by atoms with Crippen LogP contribution < -0.4 is 14.4 Å². The first-order valence-corrected chi connectivity index (χ1v) is 16.3. The molecule has 3 rings (SSSR count). The van der Waals surface area contributed by atoms with Gasteiger partial charge in [-0.2, -0.15) is 0 Å². The van der Waals surface area contributed by atoms with Crippen LogP contribution in [0.25, 0.3) is 0 Å². The van der Waals surface area contributed by atoms with Gasteiger partial charge in [0.1, 0.15) is 18.3 Å². The second-order valence-electron chi connectivity index (χ2n) is 10.2. The summed E-state index contributed by atoms with van der Waals surface area (Å²) in [7, 11) is -3.29. The number of ether oxygens (including phenoxy) is 1. The molecular weight excluding hydrogens is 676 g/mol. The first kappa shape index (κ1) is 34.8. The van der Waals surface area contributed by atoms with Gasteiger partial charge in [-0.25, -0.2) is 8.42 Å². The quantitative estimate of drug-likeness (QED) is 0.173. The van der Waals surface area contributed by atoms with Crippen LogP contribution in [0, 0.1) is 17.0 Å². The fourth-order valence-electron chi connectivity index (χ4n) is 4.28. The van der Waals surface area contributed by atoms with Gasteiger partial charge in [0.15, 0.2) is 0 Å². The Morgan fingerprint density at radius 1 is 1.09 bits per heavy atom. The maximum Gasteiger partial charge on any atom is 0.273 e. The zero-order valence-corrected chi connectivity index (χ0v) is 28.1. The molecule has 0 saturated carbocycles. The van der Waals surface area contributed by atoms with Gasteiger partial charge in [0.2, 0.25) is 11.8 Å². The number of benzene rings is 3. The topological polar surface area (TPSA) is 139 Å². The number of nitrogens with zero attached hydrogens (tertiary/aromatic N) is 3. The van der Waals surface area contributed by atoms with Crippen molar-refractivity contribution in [1.82, 2.24) is 10.2 Å². The lowest BCUT2D eigenvalue weighted by Crippen LogP contribution is -2.52. The summed E-state index contributed by atoms with van der Waals surface area (Å²) >= 11 is 9.64. The summed E-state index contributed by atoms with van der Waals surface area (Å²) < 4.78 is 35.4. The summed E-state index contributed by atoms with van der Waals surface area (Å²) in [4.78, 5) is 39.2. The lowest BCUT2D eigenvalue weighted by atomic mass is 10.1. The molecule has 0 aliphatic heterocycles. The monoisotopic (exact) mass is 708 g/mol. The molecule has 0 bridgehead atoms. The van der Waals surface area contributed by atoms with Crippen molar-refractivity contribution in [2.24, 2.45) is 0 Å². The molecule has 0 unspecified atom stereocenters. The molecule has 0 fully saturated rings. The first-order valence-electron chi connectivity index (χ1n) is 13.6. The number of nitro benzene ring substituents is 1. The number of aryl methyl sites for hydroxylation is 1. The minimum Gasteiger partial charge on any atom is -0.495 e. The Balaban J connectivity index is 2.15. The maximum atomic E-state index is 14.2. The number of nitro groups is 1. The molecule has 1 N–H and O–H groups in total. The number of carbonyl (C=O) groups is 2. The smallest absolute Gasteiger partial charge is 0.273 e. The van der Waals surface area contributed by atoms with E-state index in [-0.39, 0.29) is 34.6 Å². The second-order valence-corrected chi connectivity index (χ2v) is 13.4. The number of sulfonamides is 1. The summed E-state index contributed by atoms with van der Waals surface area (Å²) in [5.74, 6) is -1.02.